The largest absolute Gasteiger partial charge is 0.497 e. The number of para-hydroxylation sites is 1. The molecule has 1 unspecified atom stereocenters. The highest BCUT2D eigenvalue weighted by atomic mass is 79.9. The Kier molecular flexibility index (Phi) is 9.24. The van der Waals surface area contributed by atoms with Crippen molar-refractivity contribution in [2.45, 2.75) is 12.5 Å². The fraction of sp³-hybridized carbons (Fsp3) is 0.185. The maximum absolute atomic E-state index is 11.6. The van der Waals surface area contributed by atoms with Gasteiger partial charge >= 0.3 is 5.97 Å². The molecule has 1 aliphatic heterocycles. The summed E-state index contributed by atoms with van der Waals surface area (Å²) < 4.78 is 10.7. The fourth-order valence-electron chi connectivity index (χ4n) is 3.69. The van der Waals surface area contributed by atoms with Crippen molar-refractivity contribution >= 4 is 50.9 Å². The predicted molar refractivity (Wildman–Crippen MR) is 145 cm³/mol. The highest BCUT2D eigenvalue weighted by molar-refractivity contribution is 9.10. The maximum atomic E-state index is 11.6. The quantitative estimate of drug-likeness (QED) is 0.233. The van der Waals surface area contributed by atoms with Crippen LogP contribution in [0.25, 0.3) is 5.57 Å². The number of rotatable bonds is 5. The summed E-state index contributed by atoms with van der Waals surface area (Å²) in [6.07, 6.45) is 3.06. The lowest BCUT2D eigenvalue weighted by atomic mass is 9.91. The van der Waals surface area contributed by atoms with Gasteiger partial charge < -0.3 is 20.1 Å². The van der Waals surface area contributed by atoms with Crippen LogP contribution in [0, 0.1) is 0 Å². The van der Waals surface area contributed by atoms with Gasteiger partial charge in [-0.1, -0.05) is 64.6 Å². The first kappa shape index (κ1) is 25.5. The molecule has 7 heteroatoms. The van der Waals surface area contributed by atoms with Crippen LogP contribution < -0.4 is 10.5 Å². The molecule has 3 aromatic rings. The first-order chi connectivity index (χ1) is 16.5. The van der Waals surface area contributed by atoms with Gasteiger partial charge in [0, 0.05) is 22.3 Å². The third-order valence-electron chi connectivity index (χ3n) is 5.50. The molecule has 0 saturated carbocycles. The van der Waals surface area contributed by atoms with E-state index in [-0.39, 0.29) is 12.0 Å². The van der Waals surface area contributed by atoms with Gasteiger partial charge in [0.05, 0.1) is 31.3 Å². The van der Waals surface area contributed by atoms with Crippen molar-refractivity contribution in [1.29, 1.82) is 0 Å². The van der Waals surface area contributed by atoms with Crippen molar-refractivity contribution < 1.29 is 14.3 Å². The number of methoxy groups -OCH3 is 2. The first-order valence-electron chi connectivity index (χ1n) is 10.7. The molecule has 0 amide bonds. The third-order valence-corrected chi connectivity index (χ3v) is 6.27. The Morgan fingerprint density at radius 3 is 2.38 bits per heavy atom. The highest BCUT2D eigenvalue weighted by Crippen LogP contribution is 2.36. The topological polar surface area (TPSA) is 64.8 Å². The second-order valence-electron chi connectivity index (χ2n) is 7.59. The average Bonchev–Trinajstić information content (AvgIpc) is 2.90. The Balaban J connectivity index is 0.000000343. The number of esters is 1. The Labute approximate surface area is 214 Å². The molecule has 2 N–H and O–H groups in total. The van der Waals surface area contributed by atoms with Crippen molar-refractivity contribution in [2.75, 3.05) is 26.5 Å². The molecule has 0 radical (unpaired) electrons. The highest BCUT2D eigenvalue weighted by Gasteiger charge is 2.23. The second kappa shape index (κ2) is 12.3. The van der Waals surface area contributed by atoms with Gasteiger partial charge in [-0.25, -0.2) is 4.79 Å². The SMILES string of the molecule is COC(=O)c1ccc(C2C=C(c3cc(Br)ccc3N)CCN2C=S)cc1.COc1ccccc1. The molecule has 1 atom stereocenters. The summed E-state index contributed by atoms with van der Waals surface area (Å²) in [4.78, 5) is 13.8. The summed E-state index contributed by atoms with van der Waals surface area (Å²) in [5, 5.41) is 0. The van der Waals surface area contributed by atoms with Crippen LogP contribution in [0.15, 0.2) is 83.3 Å². The average molecular weight is 539 g/mol. The molecule has 0 fully saturated rings. The molecule has 176 valence electrons. The summed E-state index contributed by atoms with van der Waals surface area (Å²) in [6.45, 7) is 0.810. The van der Waals surface area contributed by atoms with Crippen LogP contribution in [0.1, 0.15) is 33.9 Å². The van der Waals surface area contributed by atoms with Crippen molar-refractivity contribution in [3.63, 3.8) is 0 Å². The van der Waals surface area contributed by atoms with E-state index < -0.39 is 0 Å². The monoisotopic (exact) mass is 538 g/mol. The number of ether oxygens (including phenoxy) is 2. The molecule has 34 heavy (non-hydrogen) atoms. The predicted octanol–water partition coefficient (Wildman–Crippen LogP) is 6.30. The Bertz CT molecular complexity index is 1150. The number of halogens is 1. The second-order valence-corrected chi connectivity index (χ2v) is 8.72. The number of hydrogen-bond donors (Lipinski definition) is 1. The van der Waals surface area contributed by atoms with Gasteiger partial charge in [-0.15, -0.1) is 0 Å². The number of nitrogens with zero attached hydrogens (tertiary/aromatic N) is 1. The minimum absolute atomic E-state index is 0.00123. The van der Waals surface area contributed by atoms with E-state index in [1.807, 2.05) is 60.7 Å². The third kappa shape index (κ3) is 6.46. The van der Waals surface area contributed by atoms with Crippen LogP contribution in [-0.4, -0.2) is 37.1 Å². The van der Waals surface area contributed by atoms with Crippen LogP contribution in [-0.2, 0) is 4.74 Å². The Morgan fingerprint density at radius 2 is 1.79 bits per heavy atom. The number of anilines is 1. The number of carbonyl (C=O) groups excluding carboxylic acids is 1. The van der Waals surface area contributed by atoms with Crippen LogP contribution in [0.2, 0.25) is 0 Å². The smallest absolute Gasteiger partial charge is 0.337 e. The molecule has 0 aromatic heterocycles. The van der Waals surface area contributed by atoms with E-state index in [2.05, 4.69) is 26.9 Å². The molecule has 5 nitrogen and oxygen atoms in total. The van der Waals surface area contributed by atoms with Crippen molar-refractivity contribution in [3.05, 3.63) is 100 Å². The number of thiocarbonyl (C=S) groups is 1. The fourth-order valence-corrected chi connectivity index (χ4v) is 4.28. The van der Waals surface area contributed by atoms with Crippen molar-refractivity contribution in [1.82, 2.24) is 4.90 Å². The molecular weight excluding hydrogens is 512 g/mol. The molecule has 0 saturated heterocycles. The lowest BCUT2D eigenvalue weighted by Crippen LogP contribution is -2.30. The number of hydrogen-bond acceptors (Lipinski definition) is 5. The zero-order valence-electron chi connectivity index (χ0n) is 19.1. The van der Waals surface area contributed by atoms with Gasteiger partial charge in [0.25, 0.3) is 0 Å². The Hall–Kier alpha value is -3.16. The molecule has 0 bridgehead atoms. The summed E-state index contributed by atoms with van der Waals surface area (Å²) in [7, 11) is 3.04. The van der Waals surface area contributed by atoms with Gasteiger partial charge in [0.15, 0.2) is 0 Å². The molecular formula is C27H27BrN2O3S. The van der Waals surface area contributed by atoms with Crippen LogP contribution in [0.3, 0.4) is 0 Å². The van der Waals surface area contributed by atoms with Gasteiger partial charge in [-0.3, -0.25) is 0 Å². The van der Waals surface area contributed by atoms with Gasteiger partial charge in [-0.2, -0.15) is 0 Å². The van der Waals surface area contributed by atoms with Crippen LogP contribution in [0.4, 0.5) is 5.69 Å². The number of carbonyl (C=O) groups is 1. The lowest BCUT2D eigenvalue weighted by Gasteiger charge is -2.33. The minimum Gasteiger partial charge on any atom is -0.497 e. The van der Waals surface area contributed by atoms with Crippen molar-refractivity contribution in [3.8, 4) is 5.75 Å². The molecule has 0 aliphatic carbocycles. The zero-order valence-corrected chi connectivity index (χ0v) is 21.5. The molecule has 1 heterocycles. The summed E-state index contributed by atoms with van der Waals surface area (Å²) in [5.41, 5.74) is 12.5. The normalized spacial score (nSPS) is 14.9. The summed E-state index contributed by atoms with van der Waals surface area (Å²) in [6, 6.07) is 23.0. The van der Waals surface area contributed by atoms with E-state index in [9.17, 15) is 4.79 Å². The van der Waals surface area contributed by atoms with E-state index in [4.69, 9.17) is 27.4 Å². The van der Waals surface area contributed by atoms with E-state index in [1.54, 1.807) is 24.7 Å². The lowest BCUT2D eigenvalue weighted by molar-refractivity contribution is 0.0600. The van der Waals surface area contributed by atoms with Crippen molar-refractivity contribution in [2.24, 2.45) is 0 Å². The number of benzene rings is 3. The molecule has 1 aliphatic rings. The molecule has 3 aromatic carbocycles. The van der Waals surface area contributed by atoms with Gasteiger partial charge in [0.2, 0.25) is 0 Å². The summed E-state index contributed by atoms with van der Waals surface area (Å²) >= 11 is 8.72. The van der Waals surface area contributed by atoms with Gasteiger partial charge in [0.1, 0.15) is 5.75 Å². The zero-order chi connectivity index (χ0) is 24.5. The number of nitrogens with two attached hydrogens (primary N) is 1. The van der Waals surface area contributed by atoms with E-state index in [0.717, 1.165) is 40.0 Å². The first-order valence-corrected chi connectivity index (χ1v) is 12.0. The Morgan fingerprint density at radius 1 is 1.09 bits per heavy atom. The maximum Gasteiger partial charge on any atom is 0.337 e. The number of nitrogen functional groups attached to an aromatic ring is 1. The van der Waals surface area contributed by atoms with E-state index in [1.165, 1.54) is 12.7 Å². The van der Waals surface area contributed by atoms with E-state index in [0.29, 0.717) is 5.56 Å². The van der Waals surface area contributed by atoms with Gasteiger partial charge in [-0.05, 0) is 60.0 Å². The van der Waals surface area contributed by atoms with E-state index >= 15 is 0 Å². The standard InChI is InChI=1S/C20H19BrN2O2S.C7H8O/c1-25-20(24)14-4-2-13(3-5-14)19-10-15(8-9-23(19)12-26)17-11-16(21)6-7-18(17)22;1-8-7-5-3-2-4-6-7/h2-7,10-12,19H,8-9,22H2,1H3;2-6H,1H3. The summed E-state index contributed by atoms with van der Waals surface area (Å²) in [5.74, 6) is 0.567. The molecule has 4 rings (SSSR count). The van der Waals surface area contributed by atoms with Crippen LogP contribution in [0.5, 0.6) is 5.75 Å². The van der Waals surface area contributed by atoms with Crippen LogP contribution >= 0.6 is 28.1 Å². The molecule has 0 spiro atoms. The minimum atomic E-state index is -0.343.